The lowest BCUT2D eigenvalue weighted by Gasteiger charge is -2.13. The average Bonchev–Trinajstić information content (AvgIpc) is 3.46. The van der Waals surface area contributed by atoms with Gasteiger partial charge in [0.1, 0.15) is 0 Å². The molecule has 30 heavy (non-hydrogen) atoms. The summed E-state index contributed by atoms with van der Waals surface area (Å²) in [5.41, 5.74) is 1.82. The van der Waals surface area contributed by atoms with Crippen molar-refractivity contribution in [1.29, 1.82) is 0 Å². The third kappa shape index (κ3) is 3.91. The van der Waals surface area contributed by atoms with Gasteiger partial charge < -0.3 is 20.1 Å². The van der Waals surface area contributed by atoms with E-state index in [1.165, 1.54) is 31.7 Å². The van der Waals surface area contributed by atoms with Crippen LogP contribution in [0.15, 0.2) is 24.8 Å². The van der Waals surface area contributed by atoms with Gasteiger partial charge >= 0.3 is 0 Å². The van der Waals surface area contributed by atoms with Crippen molar-refractivity contribution < 1.29 is 14.3 Å². The summed E-state index contributed by atoms with van der Waals surface area (Å²) >= 11 is 6.31. The van der Waals surface area contributed by atoms with E-state index in [2.05, 4.69) is 30.8 Å². The van der Waals surface area contributed by atoms with Gasteiger partial charge in [0.05, 0.1) is 47.1 Å². The molecular weight excluding hydrogens is 413 g/mol. The number of fused-ring (bicyclic) bond motifs is 2. The number of aromatic amines is 1. The van der Waals surface area contributed by atoms with Crippen LogP contribution >= 0.6 is 11.6 Å². The van der Waals surface area contributed by atoms with E-state index < -0.39 is 5.82 Å². The first-order valence-corrected chi connectivity index (χ1v) is 9.76. The van der Waals surface area contributed by atoms with Crippen LogP contribution in [0.1, 0.15) is 19.3 Å². The molecule has 0 radical (unpaired) electrons. The number of aliphatic hydroxyl groups is 1. The zero-order valence-electron chi connectivity index (χ0n) is 15.8. The summed E-state index contributed by atoms with van der Waals surface area (Å²) in [6.45, 7) is -0.00305. The Labute approximate surface area is 175 Å². The van der Waals surface area contributed by atoms with E-state index >= 15 is 0 Å². The number of aliphatic hydroxyl groups excluding tert-OH is 1. The number of halogens is 2. The molecule has 1 aliphatic rings. The summed E-state index contributed by atoms with van der Waals surface area (Å²) in [6, 6.07) is 0. The van der Waals surface area contributed by atoms with Crippen molar-refractivity contribution in [1.82, 2.24) is 24.6 Å². The van der Waals surface area contributed by atoms with Gasteiger partial charge in [-0.2, -0.15) is 5.10 Å². The first-order chi connectivity index (χ1) is 14.6. The predicted octanol–water partition coefficient (Wildman–Crippen LogP) is 3.21. The molecule has 0 saturated heterocycles. The molecule has 4 aromatic rings. The summed E-state index contributed by atoms with van der Waals surface area (Å²) in [6.07, 6.45) is 11.3. The van der Waals surface area contributed by atoms with Crippen LogP contribution in [0.2, 0.25) is 5.02 Å². The molecule has 9 nitrogen and oxygen atoms in total. The third-order valence-corrected chi connectivity index (χ3v) is 4.72. The lowest BCUT2D eigenvalue weighted by molar-refractivity contribution is -0.105. The largest absolute Gasteiger partial charge is 0.395 e. The van der Waals surface area contributed by atoms with Crippen molar-refractivity contribution in [3.05, 3.63) is 35.6 Å². The molecule has 1 aromatic carbocycles. The van der Waals surface area contributed by atoms with Crippen LogP contribution in [-0.2, 0) is 4.79 Å². The molecule has 11 heteroatoms. The SMILES string of the molecule is C1CC1.O=CNc1cn2cc(-c3c(Cl)c(F)c(NCCO)c4[nH]ncc34)ncc2n1. The van der Waals surface area contributed by atoms with Crippen LogP contribution in [0, 0.1) is 5.82 Å². The minimum Gasteiger partial charge on any atom is -0.395 e. The smallest absolute Gasteiger partial charge is 0.212 e. The molecule has 0 unspecified atom stereocenters. The number of anilines is 2. The van der Waals surface area contributed by atoms with E-state index in [0.717, 1.165) is 0 Å². The Kier molecular flexibility index (Phi) is 5.77. The van der Waals surface area contributed by atoms with Crippen molar-refractivity contribution in [2.75, 3.05) is 23.8 Å². The fourth-order valence-corrected chi connectivity index (χ4v) is 3.16. The number of carbonyl (C=O) groups excluding carboxylic acids is 1. The molecule has 0 aliphatic heterocycles. The number of amides is 1. The first-order valence-electron chi connectivity index (χ1n) is 9.38. The lowest BCUT2D eigenvalue weighted by atomic mass is 10.1. The van der Waals surface area contributed by atoms with Gasteiger partial charge in [0.15, 0.2) is 17.3 Å². The van der Waals surface area contributed by atoms with Gasteiger partial charge in [-0.1, -0.05) is 30.9 Å². The Bertz CT molecular complexity index is 1200. The minimum absolute atomic E-state index is 0.123. The highest BCUT2D eigenvalue weighted by molar-refractivity contribution is 6.35. The standard InChI is InChI=1S/C16H13ClFN7O2.C3H6/c17-13-12(8-3-22-24-15(8)16(14(13)18)19-1-2-26)9-5-25-6-10(21-7-27)23-11(25)4-20-9;1-2-3-1/h3-7,19,26H,1-2H2,(H,21,27)(H,22,24);1-3H2. The Morgan fingerprint density at radius 3 is 2.80 bits per heavy atom. The fraction of sp³-hybridized carbons (Fsp3) is 0.263. The number of nitrogens with zero attached hydrogens (tertiary/aromatic N) is 4. The first kappa shape index (κ1) is 20.0. The van der Waals surface area contributed by atoms with Crippen LogP contribution in [0.5, 0.6) is 0 Å². The number of rotatable bonds is 6. The summed E-state index contributed by atoms with van der Waals surface area (Å²) in [5, 5.41) is 21.4. The highest BCUT2D eigenvalue weighted by atomic mass is 35.5. The Balaban J connectivity index is 0.000000667. The number of carbonyl (C=O) groups is 1. The molecule has 5 rings (SSSR count). The van der Waals surface area contributed by atoms with Crippen LogP contribution in [0.4, 0.5) is 15.9 Å². The van der Waals surface area contributed by atoms with Crippen molar-refractivity contribution in [2.24, 2.45) is 0 Å². The van der Waals surface area contributed by atoms with Gasteiger partial charge in [-0.25, -0.2) is 9.37 Å². The van der Waals surface area contributed by atoms with Crippen LogP contribution in [0.3, 0.4) is 0 Å². The van der Waals surface area contributed by atoms with Gasteiger partial charge in [0.2, 0.25) is 6.41 Å². The van der Waals surface area contributed by atoms with Gasteiger partial charge in [-0.05, 0) is 0 Å². The van der Waals surface area contributed by atoms with E-state index in [1.54, 1.807) is 16.8 Å². The molecule has 1 fully saturated rings. The zero-order valence-corrected chi connectivity index (χ0v) is 16.6. The quantitative estimate of drug-likeness (QED) is 0.348. The minimum atomic E-state index is -0.673. The molecule has 3 heterocycles. The van der Waals surface area contributed by atoms with E-state index in [1.807, 2.05) is 0 Å². The summed E-state index contributed by atoms with van der Waals surface area (Å²) in [5.74, 6) is -0.314. The van der Waals surface area contributed by atoms with E-state index in [9.17, 15) is 9.18 Å². The number of hydrogen-bond acceptors (Lipinski definition) is 6. The van der Waals surface area contributed by atoms with E-state index in [0.29, 0.717) is 40.0 Å². The maximum atomic E-state index is 14.9. The normalized spacial score (nSPS) is 12.5. The van der Waals surface area contributed by atoms with Gasteiger partial charge in [0, 0.05) is 23.7 Å². The number of imidazole rings is 1. The second-order valence-electron chi connectivity index (χ2n) is 6.67. The fourth-order valence-electron chi connectivity index (χ4n) is 2.87. The molecule has 0 atom stereocenters. The Morgan fingerprint density at radius 1 is 1.30 bits per heavy atom. The molecule has 4 N–H and O–H groups in total. The Morgan fingerprint density at radius 2 is 2.10 bits per heavy atom. The van der Waals surface area contributed by atoms with E-state index in [4.69, 9.17) is 16.7 Å². The molecule has 1 aliphatic carbocycles. The average molecular weight is 432 g/mol. The van der Waals surface area contributed by atoms with E-state index in [-0.39, 0.29) is 23.9 Å². The molecule has 156 valence electrons. The van der Waals surface area contributed by atoms with Gasteiger partial charge in [-0.3, -0.25) is 14.9 Å². The predicted molar refractivity (Wildman–Crippen MR) is 112 cm³/mol. The number of H-pyrrole nitrogens is 1. The summed E-state index contributed by atoms with van der Waals surface area (Å²) in [4.78, 5) is 19.1. The second-order valence-corrected chi connectivity index (χ2v) is 7.05. The number of nitrogens with one attached hydrogen (secondary N) is 3. The second kappa shape index (κ2) is 8.64. The highest BCUT2D eigenvalue weighted by Gasteiger charge is 2.22. The molecule has 0 spiro atoms. The van der Waals surface area contributed by atoms with Gasteiger partial charge in [0.25, 0.3) is 0 Å². The molecule has 1 amide bonds. The molecular formula is C19H19ClFN7O2. The molecule has 0 bridgehead atoms. The maximum Gasteiger partial charge on any atom is 0.212 e. The van der Waals surface area contributed by atoms with Gasteiger partial charge in [-0.15, -0.1) is 0 Å². The van der Waals surface area contributed by atoms with Crippen LogP contribution in [-0.4, -0.2) is 49.2 Å². The number of hydrogen-bond donors (Lipinski definition) is 4. The molecule has 3 aromatic heterocycles. The summed E-state index contributed by atoms with van der Waals surface area (Å²) in [7, 11) is 0. The Hall–Kier alpha value is -3.24. The topological polar surface area (TPSA) is 120 Å². The third-order valence-electron chi connectivity index (χ3n) is 4.36. The van der Waals surface area contributed by atoms with Crippen molar-refractivity contribution in [2.45, 2.75) is 19.3 Å². The lowest BCUT2D eigenvalue weighted by Crippen LogP contribution is -2.08. The number of benzene rings is 1. The zero-order chi connectivity index (χ0) is 21.1. The number of aromatic nitrogens is 5. The summed E-state index contributed by atoms with van der Waals surface area (Å²) < 4.78 is 16.5. The van der Waals surface area contributed by atoms with Crippen molar-refractivity contribution in [3.63, 3.8) is 0 Å². The van der Waals surface area contributed by atoms with Crippen LogP contribution in [0.25, 0.3) is 27.8 Å². The highest BCUT2D eigenvalue weighted by Crippen LogP contribution is 2.40. The monoisotopic (exact) mass is 431 g/mol. The maximum absolute atomic E-state index is 14.9. The van der Waals surface area contributed by atoms with Crippen molar-refractivity contribution >= 4 is 46.1 Å². The molecule has 1 saturated carbocycles. The van der Waals surface area contributed by atoms with Crippen molar-refractivity contribution in [3.8, 4) is 11.3 Å². The van der Waals surface area contributed by atoms with Crippen LogP contribution < -0.4 is 10.6 Å².